The Morgan fingerprint density at radius 2 is 2.22 bits per heavy atom. The van der Waals surface area contributed by atoms with Gasteiger partial charge in [0.2, 0.25) is 0 Å². The molecule has 0 aliphatic carbocycles. The molecule has 1 N–H and O–H groups in total. The highest BCUT2D eigenvalue weighted by molar-refractivity contribution is 5.17. The molecular formula is C15H22FNO. The van der Waals surface area contributed by atoms with E-state index in [9.17, 15) is 4.39 Å². The molecule has 1 aromatic carbocycles. The fourth-order valence-corrected chi connectivity index (χ4v) is 2.45. The maximum atomic E-state index is 13.5. The molecule has 2 nitrogen and oxygen atoms in total. The summed E-state index contributed by atoms with van der Waals surface area (Å²) in [6.45, 7) is 5.69. The Morgan fingerprint density at radius 1 is 1.44 bits per heavy atom. The molecule has 0 saturated carbocycles. The number of ether oxygens (including phenoxy) is 1. The fourth-order valence-electron chi connectivity index (χ4n) is 2.45. The van der Waals surface area contributed by atoms with Crippen LogP contribution in [0.25, 0.3) is 0 Å². The molecule has 1 saturated heterocycles. The van der Waals surface area contributed by atoms with Crippen LogP contribution in [0, 0.1) is 5.82 Å². The van der Waals surface area contributed by atoms with Gasteiger partial charge < -0.3 is 10.1 Å². The number of hydrogen-bond acceptors (Lipinski definition) is 2. The van der Waals surface area contributed by atoms with Gasteiger partial charge in [0.15, 0.2) is 0 Å². The summed E-state index contributed by atoms with van der Waals surface area (Å²) in [5, 5.41) is 3.45. The number of rotatable bonds is 4. The predicted octanol–water partition coefficient (Wildman–Crippen LogP) is 3.26. The van der Waals surface area contributed by atoms with Crippen molar-refractivity contribution in [1.29, 1.82) is 0 Å². The van der Waals surface area contributed by atoms with Crippen LogP contribution in [0.15, 0.2) is 24.3 Å². The molecule has 0 bridgehead atoms. The Kier molecular flexibility index (Phi) is 4.36. The summed E-state index contributed by atoms with van der Waals surface area (Å²) in [5.41, 5.74) is 0.715. The van der Waals surface area contributed by atoms with Crippen molar-refractivity contribution in [3.8, 4) is 0 Å². The van der Waals surface area contributed by atoms with Crippen LogP contribution >= 0.6 is 0 Å². The smallest absolute Gasteiger partial charge is 0.127 e. The van der Waals surface area contributed by atoms with E-state index in [2.05, 4.69) is 19.2 Å². The molecule has 3 heteroatoms. The lowest BCUT2D eigenvalue weighted by atomic mass is 9.90. The number of benzene rings is 1. The maximum absolute atomic E-state index is 13.5. The molecule has 2 atom stereocenters. The average molecular weight is 251 g/mol. The van der Waals surface area contributed by atoms with E-state index in [0.717, 1.165) is 31.4 Å². The lowest BCUT2D eigenvalue weighted by Crippen LogP contribution is -2.44. The SMILES string of the molecule is CCC1(C)CC(NCc2ccccc2F)CCO1. The summed E-state index contributed by atoms with van der Waals surface area (Å²) in [4.78, 5) is 0. The first kappa shape index (κ1) is 13.5. The molecule has 100 valence electrons. The van der Waals surface area contributed by atoms with Crippen LogP contribution in [-0.4, -0.2) is 18.2 Å². The van der Waals surface area contributed by atoms with Crippen LogP contribution in [0.2, 0.25) is 0 Å². The van der Waals surface area contributed by atoms with Gasteiger partial charge in [0.05, 0.1) is 5.60 Å². The largest absolute Gasteiger partial charge is 0.375 e. The third kappa shape index (κ3) is 3.30. The quantitative estimate of drug-likeness (QED) is 0.887. The standard InChI is InChI=1S/C15H22FNO/c1-3-15(2)10-13(8-9-18-15)17-11-12-6-4-5-7-14(12)16/h4-7,13,17H,3,8-11H2,1-2H3. The fraction of sp³-hybridized carbons (Fsp3) is 0.600. The Balaban J connectivity index is 1.89. The summed E-state index contributed by atoms with van der Waals surface area (Å²) in [7, 11) is 0. The molecule has 0 radical (unpaired) electrons. The van der Waals surface area contributed by atoms with Crippen molar-refractivity contribution in [1.82, 2.24) is 5.32 Å². The van der Waals surface area contributed by atoms with E-state index < -0.39 is 0 Å². The predicted molar refractivity (Wildman–Crippen MR) is 70.9 cm³/mol. The molecule has 1 aliphatic rings. The number of halogens is 1. The monoisotopic (exact) mass is 251 g/mol. The molecule has 1 aromatic rings. The molecular weight excluding hydrogens is 229 g/mol. The van der Waals surface area contributed by atoms with Gasteiger partial charge in [0.25, 0.3) is 0 Å². The zero-order chi connectivity index (χ0) is 13.0. The molecule has 0 amide bonds. The first-order valence-corrected chi connectivity index (χ1v) is 6.74. The minimum atomic E-state index is -0.129. The van der Waals surface area contributed by atoms with E-state index in [1.54, 1.807) is 6.07 Å². The van der Waals surface area contributed by atoms with E-state index in [0.29, 0.717) is 12.6 Å². The molecule has 1 aliphatic heterocycles. The second-order valence-corrected chi connectivity index (χ2v) is 5.31. The van der Waals surface area contributed by atoms with Crippen molar-refractivity contribution in [2.45, 2.75) is 51.3 Å². The molecule has 1 fully saturated rings. The average Bonchev–Trinajstić information content (AvgIpc) is 2.38. The van der Waals surface area contributed by atoms with E-state index in [1.165, 1.54) is 6.07 Å². The van der Waals surface area contributed by atoms with Gasteiger partial charge in [0.1, 0.15) is 5.82 Å². The molecule has 2 unspecified atom stereocenters. The first-order chi connectivity index (χ1) is 8.63. The summed E-state index contributed by atoms with van der Waals surface area (Å²) >= 11 is 0. The van der Waals surface area contributed by atoms with E-state index in [-0.39, 0.29) is 11.4 Å². The lowest BCUT2D eigenvalue weighted by molar-refractivity contribution is -0.0781. The van der Waals surface area contributed by atoms with Crippen LogP contribution in [0.4, 0.5) is 4.39 Å². The summed E-state index contributed by atoms with van der Waals surface area (Å²) in [6, 6.07) is 7.36. The van der Waals surface area contributed by atoms with Crippen LogP contribution in [0.1, 0.15) is 38.7 Å². The van der Waals surface area contributed by atoms with Crippen molar-refractivity contribution < 1.29 is 9.13 Å². The first-order valence-electron chi connectivity index (χ1n) is 6.74. The van der Waals surface area contributed by atoms with Gasteiger partial charge in [-0.15, -0.1) is 0 Å². The highest BCUT2D eigenvalue weighted by atomic mass is 19.1. The highest BCUT2D eigenvalue weighted by Gasteiger charge is 2.31. The van der Waals surface area contributed by atoms with Gasteiger partial charge in [-0.3, -0.25) is 0 Å². The van der Waals surface area contributed by atoms with Gasteiger partial charge >= 0.3 is 0 Å². The number of nitrogens with one attached hydrogen (secondary N) is 1. The Morgan fingerprint density at radius 3 is 2.94 bits per heavy atom. The van der Waals surface area contributed by atoms with Gasteiger partial charge in [-0.05, 0) is 32.3 Å². The second kappa shape index (κ2) is 5.81. The third-order valence-corrected chi connectivity index (χ3v) is 3.88. The van der Waals surface area contributed by atoms with Gasteiger partial charge in [-0.25, -0.2) is 4.39 Å². The summed E-state index contributed by atoms with van der Waals surface area (Å²) < 4.78 is 19.3. The molecule has 18 heavy (non-hydrogen) atoms. The van der Waals surface area contributed by atoms with Crippen molar-refractivity contribution in [2.75, 3.05) is 6.61 Å². The Hall–Kier alpha value is -0.930. The second-order valence-electron chi connectivity index (χ2n) is 5.31. The van der Waals surface area contributed by atoms with Crippen molar-refractivity contribution in [2.24, 2.45) is 0 Å². The van der Waals surface area contributed by atoms with E-state index >= 15 is 0 Å². The Labute approximate surface area is 109 Å². The molecule has 2 rings (SSSR count). The molecule has 0 aromatic heterocycles. The van der Waals surface area contributed by atoms with E-state index in [1.807, 2.05) is 12.1 Å². The zero-order valence-electron chi connectivity index (χ0n) is 11.2. The van der Waals surface area contributed by atoms with Crippen molar-refractivity contribution in [3.63, 3.8) is 0 Å². The molecule has 0 spiro atoms. The Bertz CT molecular complexity index is 396. The maximum Gasteiger partial charge on any atom is 0.127 e. The van der Waals surface area contributed by atoms with Gasteiger partial charge in [0, 0.05) is 24.8 Å². The zero-order valence-corrected chi connectivity index (χ0v) is 11.2. The highest BCUT2D eigenvalue weighted by Crippen LogP contribution is 2.27. The summed E-state index contributed by atoms with van der Waals surface area (Å²) in [6.07, 6.45) is 3.02. The minimum Gasteiger partial charge on any atom is -0.375 e. The van der Waals surface area contributed by atoms with E-state index in [4.69, 9.17) is 4.74 Å². The van der Waals surface area contributed by atoms with Crippen LogP contribution in [0.5, 0.6) is 0 Å². The third-order valence-electron chi connectivity index (χ3n) is 3.88. The summed E-state index contributed by atoms with van der Waals surface area (Å²) in [5.74, 6) is -0.129. The number of hydrogen-bond donors (Lipinski definition) is 1. The normalized spacial score (nSPS) is 28.3. The topological polar surface area (TPSA) is 21.3 Å². The van der Waals surface area contributed by atoms with Crippen LogP contribution in [0.3, 0.4) is 0 Å². The van der Waals surface area contributed by atoms with Crippen LogP contribution in [-0.2, 0) is 11.3 Å². The molecule has 1 heterocycles. The van der Waals surface area contributed by atoms with Gasteiger partial charge in [-0.2, -0.15) is 0 Å². The minimum absolute atomic E-state index is 0.0227. The van der Waals surface area contributed by atoms with Gasteiger partial charge in [-0.1, -0.05) is 25.1 Å². The van der Waals surface area contributed by atoms with Crippen LogP contribution < -0.4 is 5.32 Å². The lowest BCUT2D eigenvalue weighted by Gasteiger charge is -2.38. The van der Waals surface area contributed by atoms with Crippen molar-refractivity contribution >= 4 is 0 Å². The van der Waals surface area contributed by atoms with Crippen molar-refractivity contribution in [3.05, 3.63) is 35.6 Å².